The topological polar surface area (TPSA) is 107 Å². The number of halogens is 1. The third-order valence-electron chi connectivity index (χ3n) is 6.02. The minimum Gasteiger partial charge on any atom is -0.496 e. The average molecular weight is 480 g/mol. The van der Waals surface area contributed by atoms with Crippen molar-refractivity contribution in [3.05, 3.63) is 65.9 Å². The number of nitrogens with one attached hydrogen (secondary N) is 1. The lowest BCUT2D eigenvalue weighted by molar-refractivity contribution is 0.0591. The highest BCUT2D eigenvalue weighted by atomic mass is 19.1. The number of hydrogen-bond acceptors (Lipinski definition) is 8. The lowest BCUT2D eigenvalue weighted by Gasteiger charge is -2.39. The number of nitrogens with zero attached hydrogens (tertiary/aromatic N) is 4. The van der Waals surface area contributed by atoms with E-state index >= 15 is 0 Å². The Morgan fingerprint density at radius 3 is 2.57 bits per heavy atom. The van der Waals surface area contributed by atoms with E-state index in [0.29, 0.717) is 35.9 Å². The second-order valence-electron chi connectivity index (χ2n) is 8.22. The van der Waals surface area contributed by atoms with Crippen molar-refractivity contribution >= 4 is 17.7 Å². The van der Waals surface area contributed by atoms with Crippen LogP contribution in [-0.4, -0.2) is 64.6 Å². The third kappa shape index (κ3) is 5.06. The van der Waals surface area contributed by atoms with Gasteiger partial charge >= 0.3 is 5.97 Å². The summed E-state index contributed by atoms with van der Waals surface area (Å²) in [6, 6.07) is 6.99. The van der Waals surface area contributed by atoms with E-state index in [1.807, 2.05) is 6.92 Å². The van der Waals surface area contributed by atoms with E-state index in [4.69, 9.17) is 9.47 Å². The number of rotatable bonds is 6. The number of carbonyl (C=O) groups excluding carboxylic acids is 2. The second kappa shape index (κ2) is 10.5. The first-order valence-electron chi connectivity index (χ1n) is 11.2. The number of pyridine rings is 1. The number of amides is 1. The third-order valence-corrected chi connectivity index (χ3v) is 6.02. The minimum atomic E-state index is -0.582. The number of esters is 1. The minimum absolute atomic E-state index is 0.0771. The molecule has 1 fully saturated rings. The fraction of sp³-hybridized carbons (Fsp3) is 0.320. The average Bonchev–Trinajstić information content (AvgIpc) is 2.89. The molecule has 9 nitrogen and oxygen atoms in total. The Morgan fingerprint density at radius 2 is 1.86 bits per heavy atom. The summed E-state index contributed by atoms with van der Waals surface area (Å²) in [4.78, 5) is 40.5. The number of carbonyl (C=O) groups is 2. The number of likely N-dealkylation sites (tertiary alicyclic amines) is 1. The lowest BCUT2D eigenvalue weighted by Crippen LogP contribution is -2.50. The molecule has 2 aromatic heterocycles. The van der Waals surface area contributed by atoms with Gasteiger partial charge in [-0.1, -0.05) is 0 Å². The van der Waals surface area contributed by atoms with Gasteiger partial charge in [0, 0.05) is 42.8 Å². The van der Waals surface area contributed by atoms with Crippen LogP contribution in [-0.2, 0) is 4.74 Å². The Hall–Kier alpha value is -4.08. The predicted molar refractivity (Wildman–Crippen MR) is 127 cm³/mol. The van der Waals surface area contributed by atoms with Crippen molar-refractivity contribution in [2.75, 3.05) is 26.1 Å². The zero-order valence-corrected chi connectivity index (χ0v) is 19.7. The van der Waals surface area contributed by atoms with Gasteiger partial charge in [-0.05, 0) is 50.1 Å². The van der Waals surface area contributed by atoms with Gasteiger partial charge in [-0.3, -0.25) is 4.79 Å². The maximum Gasteiger partial charge on any atom is 0.345 e. The highest BCUT2D eigenvalue weighted by molar-refractivity contribution is 6.00. The SMILES string of the molecule is COC(=O)c1c(OC)ccnc1NC1CCC(C)N(C(=O)c2cc(F)ccc2-c2ncccn2)C1. The van der Waals surface area contributed by atoms with E-state index in [2.05, 4.69) is 20.3 Å². The zero-order valence-electron chi connectivity index (χ0n) is 19.7. The van der Waals surface area contributed by atoms with E-state index in [1.54, 1.807) is 29.4 Å². The number of anilines is 1. The van der Waals surface area contributed by atoms with Crippen molar-refractivity contribution < 1.29 is 23.5 Å². The summed E-state index contributed by atoms with van der Waals surface area (Å²) in [6.45, 7) is 2.28. The van der Waals surface area contributed by atoms with Crippen molar-refractivity contribution in [2.45, 2.75) is 31.8 Å². The number of ether oxygens (including phenoxy) is 2. The molecule has 3 heterocycles. The number of methoxy groups -OCH3 is 2. The van der Waals surface area contributed by atoms with E-state index in [0.717, 1.165) is 6.42 Å². The predicted octanol–water partition coefficient (Wildman–Crippen LogP) is 3.58. The molecule has 1 aliphatic rings. The molecule has 0 saturated carbocycles. The first-order valence-corrected chi connectivity index (χ1v) is 11.2. The molecule has 2 atom stereocenters. The standard InChI is InChI=1S/C25H26FN5O4/c1-15-5-7-17(30-23-21(25(33)35-3)20(34-2)9-12-29-23)14-31(15)24(32)19-13-16(26)6-8-18(19)22-27-10-4-11-28-22/h4,6,8-13,15,17H,5,7,14H2,1-3H3,(H,29,30). The van der Waals surface area contributed by atoms with Gasteiger partial charge in [0.05, 0.1) is 19.8 Å². The Balaban J connectivity index is 1.62. The first-order chi connectivity index (χ1) is 16.9. The van der Waals surface area contributed by atoms with E-state index in [9.17, 15) is 14.0 Å². The molecule has 1 aromatic carbocycles. The van der Waals surface area contributed by atoms with Crippen LogP contribution in [0.2, 0.25) is 0 Å². The maximum absolute atomic E-state index is 14.2. The van der Waals surface area contributed by atoms with Crippen molar-refractivity contribution in [1.29, 1.82) is 0 Å². The molecule has 1 amide bonds. The number of hydrogen-bond donors (Lipinski definition) is 1. The summed E-state index contributed by atoms with van der Waals surface area (Å²) < 4.78 is 24.4. The fourth-order valence-electron chi connectivity index (χ4n) is 4.21. The van der Waals surface area contributed by atoms with Gasteiger partial charge in [0.15, 0.2) is 5.82 Å². The van der Waals surface area contributed by atoms with Gasteiger partial charge in [-0.2, -0.15) is 0 Å². The number of piperidine rings is 1. The van der Waals surface area contributed by atoms with Crippen LogP contribution in [0.25, 0.3) is 11.4 Å². The summed E-state index contributed by atoms with van der Waals surface area (Å²) in [5.74, 6) is -0.431. The maximum atomic E-state index is 14.2. The van der Waals surface area contributed by atoms with Gasteiger partial charge in [0.2, 0.25) is 0 Å². The van der Waals surface area contributed by atoms with Crippen LogP contribution in [0.5, 0.6) is 5.75 Å². The Bertz CT molecular complexity index is 1220. The summed E-state index contributed by atoms with van der Waals surface area (Å²) in [5, 5.41) is 3.27. The first kappa shape index (κ1) is 24.1. The molecule has 182 valence electrons. The van der Waals surface area contributed by atoms with E-state index in [-0.39, 0.29) is 29.1 Å². The van der Waals surface area contributed by atoms with Crippen LogP contribution in [0.15, 0.2) is 48.9 Å². The molecule has 10 heteroatoms. The Labute approximate surface area is 202 Å². The molecule has 35 heavy (non-hydrogen) atoms. The summed E-state index contributed by atoms with van der Waals surface area (Å²) in [5.41, 5.74) is 0.836. The molecular weight excluding hydrogens is 453 g/mol. The van der Waals surface area contributed by atoms with E-state index in [1.165, 1.54) is 38.6 Å². The quantitative estimate of drug-likeness (QED) is 0.535. The molecule has 3 aromatic rings. The van der Waals surface area contributed by atoms with Gasteiger partial charge < -0.3 is 19.7 Å². The Kier molecular flexibility index (Phi) is 7.19. The summed E-state index contributed by atoms with van der Waals surface area (Å²) in [7, 11) is 2.75. The fourth-order valence-corrected chi connectivity index (χ4v) is 4.21. The second-order valence-corrected chi connectivity index (χ2v) is 8.22. The highest BCUT2D eigenvalue weighted by Gasteiger charge is 2.32. The van der Waals surface area contributed by atoms with Crippen molar-refractivity contribution in [2.24, 2.45) is 0 Å². The van der Waals surface area contributed by atoms with Crippen LogP contribution in [0.1, 0.15) is 40.5 Å². The number of aromatic nitrogens is 3. The molecular formula is C25H26FN5O4. The van der Waals surface area contributed by atoms with Gasteiger partial charge in [0.25, 0.3) is 5.91 Å². The zero-order chi connectivity index (χ0) is 24.9. The van der Waals surface area contributed by atoms with Crippen LogP contribution < -0.4 is 10.1 Å². The number of benzene rings is 1. The summed E-state index contributed by atoms with van der Waals surface area (Å²) in [6.07, 6.45) is 6.11. The van der Waals surface area contributed by atoms with Crippen LogP contribution in [0.4, 0.5) is 10.2 Å². The monoisotopic (exact) mass is 479 g/mol. The molecule has 0 radical (unpaired) electrons. The highest BCUT2D eigenvalue weighted by Crippen LogP contribution is 2.29. The summed E-state index contributed by atoms with van der Waals surface area (Å²) >= 11 is 0. The normalized spacial score (nSPS) is 17.5. The lowest BCUT2D eigenvalue weighted by atomic mass is 9.96. The van der Waals surface area contributed by atoms with Crippen LogP contribution in [0, 0.1) is 5.82 Å². The molecule has 0 bridgehead atoms. The van der Waals surface area contributed by atoms with Crippen LogP contribution in [0.3, 0.4) is 0 Å². The van der Waals surface area contributed by atoms with Gasteiger partial charge in [0.1, 0.15) is 22.9 Å². The molecule has 0 spiro atoms. The molecule has 0 aliphatic carbocycles. The molecule has 1 saturated heterocycles. The molecule has 1 aliphatic heterocycles. The van der Waals surface area contributed by atoms with Crippen molar-refractivity contribution in [3.63, 3.8) is 0 Å². The molecule has 4 rings (SSSR count). The molecule has 1 N–H and O–H groups in total. The molecule has 2 unspecified atom stereocenters. The van der Waals surface area contributed by atoms with E-state index < -0.39 is 11.8 Å². The van der Waals surface area contributed by atoms with Crippen molar-refractivity contribution in [3.8, 4) is 17.1 Å². The van der Waals surface area contributed by atoms with Crippen molar-refractivity contribution in [1.82, 2.24) is 19.9 Å². The van der Waals surface area contributed by atoms with Crippen LogP contribution >= 0.6 is 0 Å². The van der Waals surface area contributed by atoms with Gasteiger partial charge in [-0.25, -0.2) is 24.1 Å². The van der Waals surface area contributed by atoms with Gasteiger partial charge in [-0.15, -0.1) is 0 Å². The smallest absolute Gasteiger partial charge is 0.345 e. The Morgan fingerprint density at radius 1 is 1.09 bits per heavy atom. The largest absolute Gasteiger partial charge is 0.496 e.